The van der Waals surface area contributed by atoms with Crippen LogP contribution in [0.25, 0.3) is 0 Å². The van der Waals surface area contributed by atoms with Gasteiger partial charge in [-0.2, -0.15) is 0 Å². The van der Waals surface area contributed by atoms with Crippen molar-refractivity contribution >= 4 is 12.4 Å². The predicted octanol–water partition coefficient (Wildman–Crippen LogP) is 0.152. The minimum Gasteiger partial charge on any atom is -0.388 e. The number of fused-ring (bicyclic) bond motifs is 1. The molecule has 1 aliphatic carbocycles. The maximum atomic E-state index is 9.39. The minimum atomic E-state index is -0.266. The lowest BCUT2D eigenvalue weighted by atomic mass is 10.1. The van der Waals surface area contributed by atoms with Gasteiger partial charge in [-0.15, -0.1) is 12.4 Å². The van der Waals surface area contributed by atoms with E-state index in [-0.39, 0.29) is 18.0 Å². The van der Waals surface area contributed by atoms with Crippen molar-refractivity contribution in [3.63, 3.8) is 0 Å². The first-order valence-corrected chi connectivity index (χ1v) is 3.24. The first kappa shape index (κ1) is 7.32. The van der Waals surface area contributed by atoms with E-state index in [1.165, 1.54) is 6.42 Å². The fraction of sp³-hybridized carbons (Fsp3) is 1.00. The Bertz CT molecular complexity index is 118. The van der Waals surface area contributed by atoms with E-state index in [9.17, 15) is 5.11 Å². The Morgan fingerprint density at radius 1 is 1.56 bits per heavy atom. The highest BCUT2D eigenvalue weighted by Crippen LogP contribution is 2.46. The fourth-order valence-corrected chi connectivity index (χ4v) is 1.54. The third kappa shape index (κ3) is 1.07. The second-order valence-electron chi connectivity index (χ2n) is 2.97. The number of aliphatic hydroxyl groups is 1. The Morgan fingerprint density at radius 3 is 2.78 bits per heavy atom. The van der Waals surface area contributed by atoms with Gasteiger partial charge in [0.25, 0.3) is 0 Å². The summed E-state index contributed by atoms with van der Waals surface area (Å²) in [7, 11) is 0. The standard InChI is InChI=1S/C6H11NO.ClH/c8-6-3-5(6)1-2-7-4-6;/h5,7-8H,1-4H2;1H/t5-,6-;/m1./s1. The van der Waals surface area contributed by atoms with E-state index in [4.69, 9.17) is 0 Å². The van der Waals surface area contributed by atoms with Crippen molar-refractivity contribution in [2.24, 2.45) is 5.92 Å². The molecular formula is C6H12ClNO. The molecule has 3 heteroatoms. The maximum Gasteiger partial charge on any atom is 0.0804 e. The molecule has 1 saturated carbocycles. The van der Waals surface area contributed by atoms with Crippen molar-refractivity contribution < 1.29 is 5.11 Å². The zero-order chi connectivity index (χ0) is 5.61. The second kappa shape index (κ2) is 2.11. The zero-order valence-electron chi connectivity index (χ0n) is 5.26. The molecule has 0 radical (unpaired) electrons. The van der Waals surface area contributed by atoms with Crippen molar-refractivity contribution in [1.82, 2.24) is 5.32 Å². The van der Waals surface area contributed by atoms with Gasteiger partial charge < -0.3 is 10.4 Å². The Balaban J connectivity index is 0.000000405. The van der Waals surface area contributed by atoms with Crippen LogP contribution in [0.1, 0.15) is 12.8 Å². The van der Waals surface area contributed by atoms with E-state index < -0.39 is 0 Å². The molecular weight excluding hydrogens is 138 g/mol. The summed E-state index contributed by atoms with van der Waals surface area (Å²) in [5.74, 6) is 0.642. The van der Waals surface area contributed by atoms with Crippen LogP contribution >= 0.6 is 12.4 Å². The van der Waals surface area contributed by atoms with Crippen molar-refractivity contribution in [3.8, 4) is 0 Å². The normalized spacial score (nSPS) is 47.0. The van der Waals surface area contributed by atoms with Gasteiger partial charge >= 0.3 is 0 Å². The van der Waals surface area contributed by atoms with Crippen LogP contribution in [0.3, 0.4) is 0 Å². The molecule has 0 aromatic rings. The molecule has 0 unspecified atom stereocenters. The van der Waals surface area contributed by atoms with E-state index >= 15 is 0 Å². The summed E-state index contributed by atoms with van der Waals surface area (Å²) in [5.41, 5.74) is -0.266. The average molecular weight is 150 g/mol. The Morgan fingerprint density at radius 2 is 2.33 bits per heavy atom. The molecule has 0 aromatic carbocycles. The second-order valence-corrected chi connectivity index (χ2v) is 2.97. The molecule has 2 atom stereocenters. The van der Waals surface area contributed by atoms with Crippen LogP contribution < -0.4 is 5.32 Å². The zero-order valence-corrected chi connectivity index (χ0v) is 6.08. The van der Waals surface area contributed by atoms with Crippen LogP contribution in [0.4, 0.5) is 0 Å². The summed E-state index contributed by atoms with van der Waals surface area (Å²) in [6.07, 6.45) is 2.22. The number of hydrogen-bond donors (Lipinski definition) is 2. The molecule has 0 bridgehead atoms. The number of piperidine rings is 1. The topological polar surface area (TPSA) is 32.3 Å². The van der Waals surface area contributed by atoms with E-state index in [1.807, 2.05) is 0 Å². The molecule has 9 heavy (non-hydrogen) atoms. The fourth-order valence-electron chi connectivity index (χ4n) is 1.54. The van der Waals surface area contributed by atoms with Crippen LogP contribution in [-0.2, 0) is 0 Å². The molecule has 2 N–H and O–H groups in total. The maximum absolute atomic E-state index is 9.39. The van der Waals surface area contributed by atoms with Crippen LogP contribution in [0.5, 0.6) is 0 Å². The van der Waals surface area contributed by atoms with Crippen LogP contribution in [0.15, 0.2) is 0 Å². The molecule has 1 aliphatic heterocycles. The Labute approximate surface area is 61.0 Å². The van der Waals surface area contributed by atoms with Crippen molar-refractivity contribution in [3.05, 3.63) is 0 Å². The van der Waals surface area contributed by atoms with E-state index in [1.54, 1.807) is 0 Å². The summed E-state index contributed by atoms with van der Waals surface area (Å²) in [6.45, 7) is 1.94. The van der Waals surface area contributed by atoms with Crippen LogP contribution in [-0.4, -0.2) is 23.8 Å². The molecule has 2 fully saturated rings. The summed E-state index contributed by atoms with van der Waals surface area (Å²) in [4.78, 5) is 0. The number of halogens is 1. The predicted molar refractivity (Wildman–Crippen MR) is 37.8 cm³/mol. The third-order valence-corrected chi connectivity index (χ3v) is 2.30. The van der Waals surface area contributed by atoms with Gasteiger partial charge in [-0.1, -0.05) is 0 Å². The highest BCUT2D eigenvalue weighted by atomic mass is 35.5. The summed E-state index contributed by atoms with van der Waals surface area (Å²) < 4.78 is 0. The smallest absolute Gasteiger partial charge is 0.0804 e. The molecule has 0 spiro atoms. The van der Waals surface area contributed by atoms with Gasteiger partial charge in [0.1, 0.15) is 0 Å². The van der Waals surface area contributed by atoms with E-state index in [0.29, 0.717) is 5.92 Å². The van der Waals surface area contributed by atoms with Crippen molar-refractivity contribution in [2.75, 3.05) is 13.1 Å². The van der Waals surface area contributed by atoms with Gasteiger partial charge in [0.15, 0.2) is 0 Å². The SMILES string of the molecule is Cl.O[C@]12CNCC[C@@H]1C2. The third-order valence-electron chi connectivity index (χ3n) is 2.30. The molecule has 0 amide bonds. The monoisotopic (exact) mass is 149 g/mol. The van der Waals surface area contributed by atoms with Gasteiger partial charge in [0.2, 0.25) is 0 Å². The Kier molecular flexibility index (Phi) is 1.72. The lowest BCUT2D eigenvalue weighted by Gasteiger charge is -2.16. The molecule has 2 aliphatic rings. The molecule has 0 aromatic heterocycles. The largest absolute Gasteiger partial charge is 0.388 e. The van der Waals surface area contributed by atoms with Crippen LogP contribution in [0, 0.1) is 5.92 Å². The molecule has 2 rings (SSSR count). The molecule has 1 saturated heterocycles. The van der Waals surface area contributed by atoms with Gasteiger partial charge in [-0.25, -0.2) is 0 Å². The first-order valence-electron chi connectivity index (χ1n) is 3.24. The molecule has 1 heterocycles. The molecule has 2 nitrogen and oxygen atoms in total. The van der Waals surface area contributed by atoms with Crippen LogP contribution in [0.2, 0.25) is 0 Å². The molecule has 54 valence electrons. The van der Waals surface area contributed by atoms with Gasteiger partial charge in [0.05, 0.1) is 5.60 Å². The first-order chi connectivity index (χ1) is 3.81. The number of nitrogens with one attached hydrogen (secondary N) is 1. The highest BCUT2D eigenvalue weighted by molar-refractivity contribution is 5.85. The van der Waals surface area contributed by atoms with E-state index in [2.05, 4.69) is 5.32 Å². The lowest BCUT2D eigenvalue weighted by Crippen LogP contribution is -2.35. The van der Waals surface area contributed by atoms with Gasteiger partial charge in [-0.3, -0.25) is 0 Å². The summed E-state index contributed by atoms with van der Waals surface area (Å²) in [5, 5.41) is 12.6. The van der Waals surface area contributed by atoms with Gasteiger partial charge in [-0.05, 0) is 25.3 Å². The summed E-state index contributed by atoms with van der Waals surface area (Å²) in [6, 6.07) is 0. The number of β-amino-alcohol motifs (C(OH)–C–C–N with tert-alkyl or cyclic N) is 1. The van der Waals surface area contributed by atoms with Crippen molar-refractivity contribution in [2.45, 2.75) is 18.4 Å². The van der Waals surface area contributed by atoms with E-state index in [0.717, 1.165) is 19.5 Å². The summed E-state index contributed by atoms with van der Waals surface area (Å²) >= 11 is 0. The quantitative estimate of drug-likeness (QED) is 0.514. The lowest BCUT2D eigenvalue weighted by molar-refractivity contribution is 0.114. The highest BCUT2D eigenvalue weighted by Gasteiger charge is 2.53. The van der Waals surface area contributed by atoms with Crippen molar-refractivity contribution in [1.29, 1.82) is 0 Å². The average Bonchev–Trinajstić information content (AvgIpc) is 2.39. The number of hydrogen-bond acceptors (Lipinski definition) is 2. The number of rotatable bonds is 0. The Hall–Kier alpha value is 0.210. The minimum absolute atomic E-state index is 0. The van der Waals surface area contributed by atoms with Gasteiger partial charge in [0, 0.05) is 6.54 Å².